The average molecular weight is 297 g/mol. The van der Waals surface area contributed by atoms with Crippen LogP contribution in [0.3, 0.4) is 0 Å². The van der Waals surface area contributed by atoms with Crippen molar-refractivity contribution in [2.24, 2.45) is 0 Å². The number of rotatable bonds is 13. The quantitative estimate of drug-likeness (QED) is 0.265. The van der Waals surface area contributed by atoms with Crippen LogP contribution in [0.2, 0.25) is 0 Å². The molecule has 0 saturated carbocycles. The van der Waals surface area contributed by atoms with Gasteiger partial charge in [-0.05, 0) is 18.6 Å². The van der Waals surface area contributed by atoms with Crippen LogP contribution in [0.1, 0.15) is 97.8 Å². The molecule has 118 valence electrons. The minimum atomic E-state index is 0.445. The van der Waals surface area contributed by atoms with Gasteiger partial charge in [0.1, 0.15) is 0 Å². The van der Waals surface area contributed by atoms with Crippen LogP contribution in [-0.4, -0.2) is 10.5 Å². The molecule has 0 aliphatic rings. The van der Waals surface area contributed by atoms with Crippen LogP contribution in [-0.2, 0) is 0 Å². The number of unbranched alkanes of at least 4 members (excludes halogenated alkanes) is 11. The standard InChI is InChI=1S/C19H36S/c1-5-6-7-8-9-10-11-12-13-14-15-16-17-18-20-19(2,3)4/h1H,6-18H2,2-4H3. The highest BCUT2D eigenvalue weighted by Gasteiger charge is 2.08. The Morgan fingerprint density at radius 2 is 1.10 bits per heavy atom. The molecule has 0 aliphatic carbocycles. The third-order valence-corrected chi connectivity index (χ3v) is 4.86. The van der Waals surface area contributed by atoms with Crippen molar-refractivity contribution in [1.29, 1.82) is 0 Å². The van der Waals surface area contributed by atoms with Crippen LogP contribution >= 0.6 is 11.8 Å². The zero-order chi connectivity index (χ0) is 15.1. The zero-order valence-electron chi connectivity index (χ0n) is 14.2. The molecule has 0 aliphatic heterocycles. The Hall–Kier alpha value is -0.0900. The van der Waals surface area contributed by atoms with Crippen LogP contribution < -0.4 is 0 Å². The average Bonchev–Trinajstić information content (AvgIpc) is 2.38. The maximum atomic E-state index is 5.24. The van der Waals surface area contributed by atoms with Crippen LogP contribution in [0.4, 0.5) is 0 Å². The normalized spacial score (nSPS) is 11.5. The number of thioether (sulfide) groups is 1. The Morgan fingerprint density at radius 1 is 0.700 bits per heavy atom. The summed E-state index contributed by atoms with van der Waals surface area (Å²) in [6, 6.07) is 0. The van der Waals surface area contributed by atoms with Crippen molar-refractivity contribution in [2.45, 2.75) is 103 Å². The fourth-order valence-electron chi connectivity index (χ4n) is 2.30. The molecular formula is C19H36S. The molecule has 0 saturated heterocycles. The topological polar surface area (TPSA) is 0 Å². The van der Waals surface area contributed by atoms with Crippen molar-refractivity contribution in [3.63, 3.8) is 0 Å². The lowest BCUT2D eigenvalue weighted by Crippen LogP contribution is -2.08. The summed E-state index contributed by atoms with van der Waals surface area (Å²) >= 11 is 2.10. The van der Waals surface area contributed by atoms with E-state index in [0.29, 0.717) is 4.75 Å². The lowest BCUT2D eigenvalue weighted by molar-refractivity contribution is 0.552. The Kier molecular flexibility index (Phi) is 13.8. The molecule has 20 heavy (non-hydrogen) atoms. The summed E-state index contributed by atoms with van der Waals surface area (Å²) in [6.07, 6.45) is 21.6. The molecule has 0 nitrogen and oxygen atoms in total. The van der Waals surface area contributed by atoms with E-state index < -0.39 is 0 Å². The lowest BCUT2D eigenvalue weighted by Gasteiger charge is -2.17. The predicted octanol–water partition coefficient (Wildman–Crippen LogP) is 6.83. The SMILES string of the molecule is C#CCCCCCCCCCCCCCSC(C)(C)C. The van der Waals surface area contributed by atoms with Gasteiger partial charge in [0.25, 0.3) is 0 Å². The summed E-state index contributed by atoms with van der Waals surface area (Å²) in [5.41, 5.74) is 0. The first kappa shape index (κ1) is 19.9. The smallest absolute Gasteiger partial charge is 0.00860 e. The molecule has 0 amide bonds. The minimum Gasteiger partial charge on any atom is -0.156 e. The second-order valence-corrected chi connectivity index (χ2v) is 8.73. The van der Waals surface area contributed by atoms with Gasteiger partial charge in [0.15, 0.2) is 0 Å². The summed E-state index contributed by atoms with van der Waals surface area (Å²) in [6.45, 7) is 6.93. The Balaban J connectivity index is 3.01. The monoisotopic (exact) mass is 296 g/mol. The van der Waals surface area contributed by atoms with Gasteiger partial charge in [-0.1, -0.05) is 78.6 Å². The molecular weight excluding hydrogens is 260 g/mol. The second-order valence-electron chi connectivity index (χ2n) is 6.80. The van der Waals surface area contributed by atoms with E-state index in [4.69, 9.17) is 6.42 Å². The summed E-state index contributed by atoms with van der Waals surface area (Å²) in [4.78, 5) is 0. The highest BCUT2D eigenvalue weighted by Crippen LogP contribution is 2.24. The van der Waals surface area contributed by atoms with Gasteiger partial charge in [-0.3, -0.25) is 0 Å². The van der Waals surface area contributed by atoms with E-state index in [1.54, 1.807) is 0 Å². The van der Waals surface area contributed by atoms with Crippen molar-refractivity contribution in [3.8, 4) is 12.3 Å². The van der Waals surface area contributed by atoms with Gasteiger partial charge in [-0.25, -0.2) is 0 Å². The summed E-state index contributed by atoms with van der Waals surface area (Å²) in [5.74, 6) is 4.05. The molecule has 1 heteroatoms. The van der Waals surface area contributed by atoms with Gasteiger partial charge in [0.05, 0.1) is 0 Å². The molecule has 0 N–H and O–H groups in total. The van der Waals surface area contributed by atoms with Gasteiger partial charge in [0, 0.05) is 11.2 Å². The number of hydrogen-bond acceptors (Lipinski definition) is 1. The van der Waals surface area contributed by atoms with Crippen molar-refractivity contribution in [3.05, 3.63) is 0 Å². The largest absolute Gasteiger partial charge is 0.156 e. The lowest BCUT2D eigenvalue weighted by atomic mass is 10.1. The maximum Gasteiger partial charge on any atom is 0.00860 e. The predicted molar refractivity (Wildman–Crippen MR) is 96.4 cm³/mol. The first-order valence-corrected chi connectivity index (χ1v) is 9.62. The molecule has 0 spiro atoms. The van der Waals surface area contributed by atoms with E-state index in [0.717, 1.165) is 6.42 Å². The zero-order valence-corrected chi connectivity index (χ0v) is 15.0. The molecule has 0 radical (unpaired) electrons. The van der Waals surface area contributed by atoms with E-state index in [-0.39, 0.29) is 0 Å². The molecule has 0 aromatic carbocycles. The fraction of sp³-hybridized carbons (Fsp3) is 0.895. The third kappa shape index (κ3) is 17.9. The molecule has 0 unspecified atom stereocenters. The Morgan fingerprint density at radius 3 is 1.50 bits per heavy atom. The number of hydrogen-bond donors (Lipinski definition) is 0. The van der Waals surface area contributed by atoms with E-state index in [1.165, 1.54) is 76.4 Å². The molecule has 0 fully saturated rings. The summed E-state index contributed by atoms with van der Waals surface area (Å²) < 4.78 is 0.445. The maximum absolute atomic E-state index is 5.24. The highest BCUT2D eigenvalue weighted by molar-refractivity contribution is 8.00. The van der Waals surface area contributed by atoms with Gasteiger partial charge < -0.3 is 0 Å². The van der Waals surface area contributed by atoms with Crippen molar-refractivity contribution in [1.82, 2.24) is 0 Å². The van der Waals surface area contributed by atoms with E-state index >= 15 is 0 Å². The second kappa shape index (κ2) is 13.9. The van der Waals surface area contributed by atoms with Crippen molar-refractivity contribution < 1.29 is 0 Å². The van der Waals surface area contributed by atoms with Gasteiger partial charge >= 0.3 is 0 Å². The Bertz CT molecular complexity index is 231. The van der Waals surface area contributed by atoms with E-state index in [9.17, 15) is 0 Å². The summed E-state index contributed by atoms with van der Waals surface area (Å²) in [7, 11) is 0. The molecule has 0 aromatic heterocycles. The molecule has 0 aromatic rings. The van der Waals surface area contributed by atoms with Crippen molar-refractivity contribution in [2.75, 3.05) is 5.75 Å². The molecule has 0 rings (SSSR count). The van der Waals surface area contributed by atoms with Gasteiger partial charge in [0.2, 0.25) is 0 Å². The van der Waals surface area contributed by atoms with E-state index in [1.807, 2.05) is 0 Å². The highest BCUT2D eigenvalue weighted by atomic mass is 32.2. The first-order chi connectivity index (χ1) is 9.56. The minimum absolute atomic E-state index is 0.445. The van der Waals surface area contributed by atoms with E-state index in [2.05, 4.69) is 38.5 Å². The molecule has 0 heterocycles. The van der Waals surface area contributed by atoms with Gasteiger partial charge in [-0.15, -0.1) is 12.3 Å². The van der Waals surface area contributed by atoms with Crippen LogP contribution in [0.5, 0.6) is 0 Å². The van der Waals surface area contributed by atoms with Crippen LogP contribution in [0.15, 0.2) is 0 Å². The third-order valence-electron chi connectivity index (χ3n) is 3.50. The van der Waals surface area contributed by atoms with Gasteiger partial charge in [-0.2, -0.15) is 11.8 Å². The van der Waals surface area contributed by atoms with Crippen LogP contribution in [0.25, 0.3) is 0 Å². The summed E-state index contributed by atoms with van der Waals surface area (Å²) in [5, 5.41) is 0. The Labute approximate surface area is 132 Å². The van der Waals surface area contributed by atoms with Crippen LogP contribution in [0, 0.1) is 12.3 Å². The fourth-order valence-corrected chi connectivity index (χ4v) is 3.26. The molecule has 0 bridgehead atoms. The first-order valence-electron chi connectivity index (χ1n) is 8.64. The van der Waals surface area contributed by atoms with Crippen molar-refractivity contribution >= 4 is 11.8 Å². The molecule has 0 atom stereocenters. The number of terminal acetylenes is 1.